The molecule has 0 saturated carbocycles. The lowest BCUT2D eigenvalue weighted by atomic mass is 10.1. The molecular formula is C17H28N2O5S. The Kier molecular flexibility index (Phi) is 6.67. The van der Waals surface area contributed by atoms with Gasteiger partial charge in [0, 0.05) is 26.7 Å². The summed E-state index contributed by atoms with van der Waals surface area (Å²) in [5.74, 6) is 1.30. The van der Waals surface area contributed by atoms with Crippen LogP contribution in [-0.4, -0.2) is 70.1 Å². The second-order valence-corrected chi connectivity index (χ2v) is 8.38. The molecule has 1 aliphatic rings. The molecule has 1 saturated heterocycles. The first-order valence-electron chi connectivity index (χ1n) is 8.35. The third-order valence-corrected chi connectivity index (χ3v) is 6.19. The molecule has 7 nitrogen and oxygen atoms in total. The summed E-state index contributed by atoms with van der Waals surface area (Å²) in [6.45, 7) is 4.93. The van der Waals surface area contributed by atoms with Crippen molar-refractivity contribution in [3.63, 3.8) is 0 Å². The topological polar surface area (TPSA) is 68.3 Å². The Morgan fingerprint density at radius 1 is 1.16 bits per heavy atom. The van der Waals surface area contributed by atoms with E-state index in [4.69, 9.17) is 14.2 Å². The third-order valence-electron chi connectivity index (χ3n) is 4.27. The van der Waals surface area contributed by atoms with Crippen LogP contribution in [0.25, 0.3) is 0 Å². The van der Waals surface area contributed by atoms with Crippen LogP contribution in [0, 0.1) is 0 Å². The van der Waals surface area contributed by atoms with Gasteiger partial charge in [-0.1, -0.05) is 6.07 Å². The molecular weight excluding hydrogens is 344 g/mol. The van der Waals surface area contributed by atoms with Crippen LogP contribution in [0.2, 0.25) is 0 Å². The highest BCUT2D eigenvalue weighted by Crippen LogP contribution is 2.28. The van der Waals surface area contributed by atoms with Crippen LogP contribution in [0.4, 0.5) is 0 Å². The van der Waals surface area contributed by atoms with Crippen molar-refractivity contribution < 1.29 is 22.6 Å². The zero-order valence-corrected chi connectivity index (χ0v) is 16.4. The van der Waals surface area contributed by atoms with Gasteiger partial charge in [-0.15, -0.1) is 0 Å². The second-order valence-electron chi connectivity index (χ2n) is 6.34. The minimum absolute atomic E-state index is 0.0993. The Balaban J connectivity index is 2.02. The summed E-state index contributed by atoms with van der Waals surface area (Å²) in [4.78, 5) is 0. The summed E-state index contributed by atoms with van der Waals surface area (Å²) in [5.41, 5.74) is 0.989. The predicted octanol–water partition coefficient (Wildman–Crippen LogP) is 1.53. The van der Waals surface area contributed by atoms with Crippen molar-refractivity contribution in [1.82, 2.24) is 8.61 Å². The number of benzene rings is 1. The van der Waals surface area contributed by atoms with Crippen LogP contribution in [0.1, 0.15) is 19.4 Å². The highest BCUT2D eigenvalue weighted by molar-refractivity contribution is 7.86. The molecule has 142 valence electrons. The molecule has 8 heteroatoms. The summed E-state index contributed by atoms with van der Waals surface area (Å²) >= 11 is 0. The van der Waals surface area contributed by atoms with Gasteiger partial charge in [-0.25, -0.2) is 0 Å². The fourth-order valence-electron chi connectivity index (χ4n) is 2.95. The molecule has 1 aromatic carbocycles. The molecule has 0 N–H and O–H groups in total. The fourth-order valence-corrected chi connectivity index (χ4v) is 4.47. The number of hydrogen-bond donors (Lipinski definition) is 0. The van der Waals surface area contributed by atoms with E-state index in [0.717, 1.165) is 5.56 Å². The monoisotopic (exact) mass is 372 g/mol. The summed E-state index contributed by atoms with van der Waals surface area (Å²) < 4.78 is 44.6. The average molecular weight is 372 g/mol. The molecule has 1 aromatic rings. The number of morpholine rings is 1. The molecule has 25 heavy (non-hydrogen) atoms. The lowest BCUT2D eigenvalue weighted by Gasteiger charge is -2.36. The van der Waals surface area contributed by atoms with Crippen molar-refractivity contribution in [3.05, 3.63) is 23.8 Å². The third kappa shape index (κ3) is 4.84. The highest BCUT2D eigenvalue weighted by atomic mass is 32.2. The second kappa shape index (κ2) is 8.35. The smallest absolute Gasteiger partial charge is 0.281 e. The van der Waals surface area contributed by atoms with Crippen LogP contribution in [0.15, 0.2) is 18.2 Å². The van der Waals surface area contributed by atoms with E-state index < -0.39 is 10.2 Å². The molecule has 0 unspecified atom stereocenters. The van der Waals surface area contributed by atoms with Crippen LogP contribution >= 0.6 is 0 Å². The maximum atomic E-state index is 12.8. The van der Waals surface area contributed by atoms with E-state index in [0.29, 0.717) is 37.6 Å². The van der Waals surface area contributed by atoms with Crippen molar-refractivity contribution in [2.45, 2.75) is 32.5 Å². The van der Waals surface area contributed by atoms with E-state index in [2.05, 4.69) is 0 Å². The van der Waals surface area contributed by atoms with E-state index in [1.165, 1.54) is 8.61 Å². The molecule has 1 aliphatic heterocycles. The molecule has 0 aliphatic carbocycles. The van der Waals surface area contributed by atoms with Gasteiger partial charge in [0.1, 0.15) is 0 Å². The number of rotatable bonds is 7. The van der Waals surface area contributed by atoms with Crippen molar-refractivity contribution >= 4 is 10.2 Å². The van der Waals surface area contributed by atoms with Crippen molar-refractivity contribution in [2.75, 3.05) is 40.9 Å². The summed E-state index contributed by atoms with van der Waals surface area (Å²) in [7, 11) is 1.28. The van der Waals surface area contributed by atoms with Crippen LogP contribution in [-0.2, 0) is 21.4 Å². The molecule has 0 amide bonds. The Labute approximate surface area is 150 Å². The van der Waals surface area contributed by atoms with Gasteiger partial charge in [-0.05, 0) is 38.0 Å². The quantitative estimate of drug-likeness (QED) is 0.726. The van der Waals surface area contributed by atoms with Gasteiger partial charge in [0.15, 0.2) is 11.5 Å². The summed E-state index contributed by atoms with van der Waals surface area (Å²) in [5, 5.41) is 0. The molecule has 0 aromatic heterocycles. The molecule has 2 atom stereocenters. The van der Waals surface area contributed by atoms with Gasteiger partial charge < -0.3 is 14.2 Å². The lowest BCUT2D eigenvalue weighted by molar-refractivity contribution is -0.0452. The SMILES string of the molecule is COc1ccc(CCN(C)S(=O)(=O)N2C[C@H](C)O[C@@H](C)C2)cc1OC. The van der Waals surface area contributed by atoms with Gasteiger partial charge >= 0.3 is 0 Å². The number of ether oxygens (including phenoxy) is 3. The van der Waals surface area contributed by atoms with Gasteiger partial charge in [0.25, 0.3) is 10.2 Å². The molecule has 0 bridgehead atoms. The zero-order valence-electron chi connectivity index (χ0n) is 15.6. The predicted molar refractivity (Wildman–Crippen MR) is 96.4 cm³/mol. The van der Waals surface area contributed by atoms with Gasteiger partial charge in [-0.3, -0.25) is 0 Å². The maximum Gasteiger partial charge on any atom is 0.281 e. The maximum absolute atomic E-state index is 12.8. The zero-order chi connectivity index (χ0) is 18.6. The molecule has 0 radical (unpaired) electrons. The van der Waals surface area contributed by atoms with E-state index in [9.17, 15) is 8.42 Å². The van der Waals surface area contributed by atoms with Gasteiger partial charge in [0.05, 0.1) is 26.4 Å². The van der Waals surface area contributed by atoms with E-state index >= 15 is 0 Å². The number of likely N-dealkylation sites (N-methyl/N-ethyl adjacent to an activating group) is 1. The lowest BCUT2D eigenvalue weighted by Crippen LogP contribution is -2.52. The minimum atomic E-state index is -3.50. The first kappa shape index (κ1) is 20.0. The largest absolute Gasteiger partial charge is 0.493 e. The first-order valence-corrected chi connectivity index (χ1v) is 9.75. The highest BCUT2D eigenvalue weighted by Gasteiger charge is 2.33. The van der Waals surface area contributed by atoms with Crippen LogP contribution in [0.3, 0.4) is 0 Å². The normalized spacial score (nSPS) is 22.2. The van der Waals surface area contributed by atoms with Crippen molar-refractivity contribution in [3.8, 4) is 11.5 Å². The van der Waals surface area contributed by atoms with E-state index in [-0.39, 0.29) is 12.2 Å². The average Bonchev–Trinajstić information content (AvgIpc) is 2.58. The number of methoxy groups -OCH3 is 2. The van der Waals surface area contributed by atoms with E-state index in [1.807, 2.05) is 32.0 Å². The fraction of sp³-hybridized carbons (Fsp3) is 0.647. The first-order chi connectivity index (χ1) is 11.8. The Bertz CT molecular complexity index is 670. The van der Waals surface area contributed by atoms with Crippen molar-refractivity contribution in [2.24, 2.45) is 0 Å². The molecule has 1 heterocycles. The number of hydrogen-bond acceptors (Lipinski definition) is 5. The Morgan fingerprint density at radius 2 is 1.76 bits per heavy atom. The molecule has 2 rings (SSSR count). The van der Waals surface area contributed by atoms with Crippen LogP contribution in [0.5, 0.6) is 11.5 Å². The standard InChI is InChI=1S/C17H28N2O5S/c1-13-11-19(12-14(2)24-13)25(20,21)18(3)9-8-15-6-7-16(22-4)17(10-15)23-5/h6-7,10,13-14H,8-9,11-12H2,1-5H3/t13-,14-/m0/s1. The Morgan fingerprint density at radius 3 is 2.32 bits per heavy atom. The summed E-state index contributed by atoms with van der Waals surface area (Å²) in [6, 6.07) is 5.62. The van der Waals surface area contributed by atoms with E-state index in [1.54, 1.807) is 21.3 Å². The minimum Gasteiger partial charge on any atom is -0.493 e. The van der Waals surface area contributed by atoms with Crippen molar-refractivity contribution in [1.29, 1.82) is 0 Å². The Hall–Kier alpha value is -1.35. The van der Waals surface area contributed by atoms with Gasteiger partial charge in [0.2, 0.25) is 0 Å². The van der Waals surface area contributed by atoms with Crippen LogP contribution < -0.4 is 9.47 Å². The number of nitrogens with zero attached hydrogens (tertiary/aromatic N) is 2. The van der Waals surface area contributed by atoms with Gasteiger partial charge in [-0.2, -0.15) is 17.0 Å². The molecule has 1 fully saturated rings. The summed E-state index contributed by atoms with van der Waals surface area (Å²) in [6.07, 6.45) is 0.390. The molecule has 0 spiro atoms.